The summed E-state index contributed by atoms with van der Waals surface area (Å²) in [6.07, 6.45) is 5.15. The monoisotopic (exact) mass is 335 g/mol. The molecule has 1 heterocycles. The van der Waals surface area contributed by atoms with E-state index < -0.39 is 9.84 Å². The number of fused-ring (bicyclic) bond motifs is 1. The fourth-order valence-electron chi connectivity index (χ4n) is 3.97. The highest BCUT2D eigenvalue weighted by Gasteiger charge is 2.30. The van der Waals surface area contributed by atoms with Crippen molar-refractivity contribution in [3.05, 3.63) is 35.4 Å². The number of benzene rings is 1. The standard InChI is InChI=1S/C19H29NO2S/c1-19(2)10-7-16-5-3-4-6-17(16)18(13-19)20-14-15-8-11-23(21,22)12-9-15/h3-6,15,18,20H,7-14H2,1-2H3/t18-/m1/s1. The second-order valence-corrected chi connectivity index (χ2v) is 10.4. The van der Waals surface area contributed by atoms with Gasteiger partial charge in [-0.1, -0.05) is 38.1 Å². The van der Waals surface area contributed by atoms with E-state index in [2.05, 4.69) is 43.4 Å². The molecule has 3 rings (SSSR count). The third-order valence-corrected chi connectivity index (χ3v) is 7.30. The summed E-state index contributed by atoms with van der Waals surface area (Å²) >= 11 is 0. The maximum Gasteiger partial charge on any atom is 0.150 e. The Labute approximate surface area is 140 Å². The molecule has 0 bridgehead atoms. The van der Waals surface area contributed by atoms with E-state index in [4.69, 9.17) is 0 Å². The Kier molecular flexibility index (Phi) is 4.84. The lowest BCUT2D eigenvalue weighted by atomic mass is 9.83. The van der Waals surface area contributed by atoms with Crippen LogP contribution in [0.3, 0.4) is 0 Å². The molecule has 1 aliphatic carbocycles. The van der Waals surface area contributed by atoms with Crippen molar-refractivity contribution >= 4 is 9.84 Å². The predicted molar refractivity (Wildman–Crippen MR) is 95.3 cm³/mol. The van der Waals surface area contributed by atoms with E-state index in [9.17, 15) is 8.42 Å². The zero-order valence-electron chi connectivity index (χ0n) is 14.3. The first-order chi connectivity index (χ1) is 10.8. The molecule has 3 nitrogen and oxygen atoms in total. The van der Waals surface area contributed by atoms with Crippen molar-refractivity contribution < 1.29 is 8.42 Å². The quantitative estimate of drug-likeness (QED) is 0.860. The fraction of sp³-hybridized carbons (Fsp3) is 0.684. The summed E-state index contributed by atoms with van der Waals surface area (Å²) in [5.74, 6) is 1.23. The molecule has 2 aliphatic rings. The van der Waals surface area contributed by atoms with Gasteiger partial charge in [0, 0.05) is 6.04 Å². The molecular weight excluding hydrogens is 306 g/mol. The minimum Gasteiger partial charge on any atom is -0.310 e. The summed E-state index contributed by atoms with van der Waals surface area (Å²) in [6, 6.07) is 9.19. The number of hydrogen-bond donors (Lipinski definition) is 1. The Bertz CT molecular complexity index is 637. The summed E-state index contributed by atoms with van der Waals surface area (Å²) in [5.41, 5.74) is 3.26. The molecule has 128 valence electrons. The van der Waals surface area contributed by atoms with Gasteiger partial charge >= 0.3 is 0 Å². The van der Waals surface area contributed by atoms with E-state index in [1.165, 1.54) is 17.5 Å². The van der Waals surface area contributed by atoms with E-state index in [0.29, 0.717) is 28.9 Å². The van der Waals surface area contributed by atoms with Crippen LogP contribution in [-0.4, -0.2) is 26.5 Å². The number of aryl methyl sites for hydroxylation is 1. The molecule has 0 aromatic heterocycles. The van der Waals surface area contributed by atoms with Crippen molar-refractivity contribution in [3.63, 3.8) is 0 Å². The van der Waals surface area contributed by atoms with Crippen LogP contribution in [0.15, 0.2) is 24.3 Å². The Balaban J connectivity index is 1.68. The van der Waals surface area contributed by atoms with Crippen molar-refractivity contribution in [1.82, 2.24) is 5.32 Å². The molecule has 23 heavy (non-hydrogen) atoms. The fourth-order valence-corrected chi connectivity index (χ4v) is 5.56. The highest BCUT2D eigenvalue weighted by Crippen LogP contribution is 2.39. The number of rotatable bonds is 3. The van der Waals surface area contributed by atoms with Gasteiger partial charge in [0.2, 0.25) is 0 Å². The first-order valence-corrected chi connectivity index (χ1v) is 10.7. The van der Waals surface area contributed by atoms with E-state index in [1.54, 1.807) is 0 Å². The molecule has 4 heteroatoms. The van der Waals surface area contributed by atoms with Crippen molar-refractivity contribution in [2.24, 2.45) is 11.3 Å². The lowest BCUT2D eigenvalue weighted by molar-refractivity contribution is 0.265. The summed E-state index contributed by atoms with van der Waals surface area (Å²) in [5, 5.41) is 3.78. The van der Waals surface area contributed by atoms with Gasteiger partial charge in [0.15, 0.2) is 0 Å². The second-order valence-electron chi connectivity index (χ2n) is 8.12. The minimum absolute atomic E-state index is 0.340. The second kappa shape index (κ2) is 6.56. The van der Waals surface area contributed by atoms with Gasteiger partial charge < -0.3 is 5.32 Å². The lowest BCUT2D eigenvalue weighted by Crippen LogP contribution is -2.34. The van der Waals surface area contributed by atoms with Crippen molar-refractivity contribution in [2.45, 2.75) is 52.0 Å². The van der Waals surface area contributed by atoms with E-state index in [0.717, 1.165) is 32.2 Å². The Morgan fingerprint density at radius 1 is 1.17 bits per heavy atom. The third-order valence-electron chi connectivity index (χ3n) is 5.59. The van der Waals surface area contributed by atoms with Crippen molar-refractivity contribution in [3.8, 4) is 0 Å². The summed E-state index contributed by atoms with van der Waals surface area (Å²) < 4.78 is 23.2. The molecule has 1 saturated heterocycles. The molecule has 0 radical (unpaired) electrons. The van der Waals surface area contributed by atoms with Crippen LogP contribution in [0.1, 0.15) is 56.7 Å². The van der Waals surface area contributed by atoms with Crippen LogP contribution in [0.2, 0.25) is 0 Å². The maximum atomic E-state index is 11.6. The highest BCUT2D eigenvalue weighted by molar-refractivity contribution is 7.91. The van der Waals surface area contributed by atoms with Crippen LogP contribution in [0, 0.1) is 11.3 Å². The molecule has 0 spiro atoms. The molecule has 1 aromatic rings. The van der Waals surface area contributed by atoms with Gasteiger partial charge in [-0.3, -0.25) is 0 Å². The zero-order chi connectivity index (χ0) is 16.5. The van der Waals surface area contributed by atoms with Crippen LogP contribution in [-0.2, 0) is 16.3 Å². The van der Waals surface area contributed by atoms with E-state index >= 15 is 0 Å². The Morgan fingerprint density at radius 3 is 2.61 bits per heavy atom. The molecule has 1 N–H and O–H groups in total. The molecule has 0 amide bonds. The van der Waals surface area contributed by atoms with Crippen LogP contribution in [0.5, 0.6) is 0 Å². The summed E-state index contributed by atoms with van der Waals surface area (Å²) in [6.45, 7) is 5.66. The topological polar surface area (TPSA) is 46.2 Å². The van der Waals surface area contributed by atoms with E-state index in [-0.39, 0.29) is 0 Å². The van der Waals surface area contributed by atoms with Gasteiger partial charge in [-0.2, -0.15) is 0 Å². The molecule has 1 aromatic carbocycles. The lowest BCUT2D eigenvalue weighted by Gasteiger charge is -2.30. The Hall–Kier alpha value is -0.870. The average molecular weight is 336 g/mol. The molecular formula is C19H29NO2S. The van der Waals surface area contributed by atoms with Gasteiger partial charge in [-0.05, 0) is 61.1 Å². The largest absolute Gasteiger partial charge is 0.310 e. The minimum atomic E-state index is -2.76. The Morgan fingerprint density at radius 2 is 1.87 bits per heavy atom. The highest BCUT2D eigenvalue weighted by atomic mass is 32.2. The first-order valence-electron chi connectivity index (χ1n) is 8.86. The maximum absolute atomic E-state index is 11.6. The molecule has 0 saturated carbocycles. The first kappa shape index (κ1) is 17.0. The average Bonchev–Trinajstić information content (AvgIpc) is 2.63. The number of hydrogen-bond acceptors (Lipinski definition) is 3. The van der Waals surface area contributed by atoms with Crippen LogP contribution in [0.25, 0.3) is 0 Å². The summed E-state index contributed by atoms with van der Waals surface area (Å²) in [4.78, 5) is 0. The predicted octanol–water partition coefficient (Wildman–Crippen LogP) is 3.50. The third kappa shape index (κ3) is 4.36. The molecule has 1 aliphatic heterocycles. The SMILES string of the molecule is CC1(C)CCc2ccccc2[C@H](NCC2CCS(=O)(=O)CC2)C1. The van der Waals surface area contributed by atoms with Gasteiger partial charge in [-0.15, -0.1) is 0 Å². The van der Waals surface area contributed by atoms with Gasteiger partial charge in [-0.25, -0.2) is 8.42 Å². The zero-order valence-corrected chi connectivity index (χ0v) is 15.2. The van der Waals surface area contributed by atoms with Gasteiger partial charge in [0.25, 0.3) is 0 Å². The summed E-state index contributed by atoms with van der Waals surface area (Å²) in [7, 11) is -2.76. The van der Waals surface area contributed by atoms with E-state index in [1.807, 2.05) is 0 Å². The molecule has 1 fully saturated rings. The smallest absolute Gasteiger partial charge is 0.150 e. The van der Waals surface area contributed by atoms with Crippen molar-refractivity contribution in [2.75, 3.05) is 18.1 Å². The number of nitrogens with one attached hydrogen (secondary N) is 1. The van der Waals surface area contributed by atoms with Crippen LogP contribution < -0.4 is 5.32 Å². The van der Waals surface area contributed by atoms with Crippen LogP contribution >= 0.6 is 0 Å². The van der Waals surface area contributed by atoms with Crippen molar-refractivity contribution in [1.29, 1.82) is 0 Å². The molecule has 1 atom stereocenters. The number of sulfone groups is 1. The molecule has 0 unspecified atom stereocenters. The normalized spacial score (nSPS) is 27.1. The van der Waals surface area contributed by atoms with Gasteiger partial charge in [0.1, 0.15) is 9.84 Å². The van der Waals surface area contributed by atoms with Crippen LogP contribution in [0.4, 0.5) is 0 Å². The van der Waals surface area contributed by atoms with Gasteiger partial charge in [0.05, 0.1) is 11.5 Å².